The summed E-state index contributed by atoms with van der Waals surface area (Å²) < 4.78 is 21.1. The Balaban J connectivity index is 1.50. The second kappa shape index (κ2) is 14.9. The third kappa shape index (κ3) is 7.44. The number of carbonyl (C=O) groups excluding carboxylic acids is 1. The summed E-state index contributed by atoms with van der Waals surface area (Å²) >= 11 is 15.1. The lowest BCUT2D eigenvalue weighted by molar-refractivity contribution is -0.139. The minimum Gasteiger partial charge on any atom is -0.493 e. The van der Waals surface area contributed by atoms with Crippen LogP contribution >= 0.6 is 55.2 Å². The molecule has 1 unspecified atom stereocenters. The van der Waals surface area contributed by atoms with Crippen LogP contribution in [-0.4, -0.2) is 34.5 Å². The Bertz CT molecular complexity index is 1700. The summed E-state index contributed by atoms with van der Waals surface area (Å²) in [7, 11) is 1.59. The summed E-state index contributed by atoms with van der Waals surface area (Å²) in [5.41, 5.74) is 3.82. The van der Waals surface area contributed by atoms with E-state index in [4.69, 9.17) is 35.9 Å². The quantitative estimate of drug-likeness (QED) is 0.0870. The van der Waals surface area contributed by atoms with Gasteiger partial charge in [0.05, 0.1) is 23.8 Å². The van der Waals surface area contributed by atoms with Crippen LogP contribution in [-0.2, 0) is 21.9 Å². The number of fused-ring (bicyclic) bond motifs is 1. The predicted octanol–water partition coefficient (Wildman–Crippen LogP) is 8.97. The van der Waals surface area contributed by atoms with Crippen molar-refractivity contribution in [1.29, 1.82) is 0 Å². The number of aromatic nitrogens is 3. The number of rotatable bonds is 12. The van der Waals surface area contributed by atoms with Gasteiger partial charge in [-0.2, -0.15) is 4.98 Å². The van der Waals surface area contributed by atoms with Gasteiger partial charge in [0.2, 0.25) is 11.1 Å². The molecule has 1 atom stereocenters. The van der Waals surface area contributed by atoms with Gasteiger partial charge in [-0.05, 0) is 76.3 Å². The zero-order chi connectivity index (χ0) is 31.2. The highest BCUT2D eigenvalue weighted by Gasteiger charge is 2.36. The summed E-state index contributed by atoms with van der Waals surface area (Å²) in [6.45, 7) is 4.57. The van der Waals surface area contributed by atoms with Crippen molar-refractivity contribution in [1.82, 2.24) is 14.8 Å². The van der Waals surface area contributed by atoms with E-state index >= 15 is 0 Å². The molecular weight excluding hydrogens is 732 g/mol. The minimum absolute atomic E-state index is 0.331. The van der Waals surface area contributed by atoms with Gasteiger partial charge in [-0.25, -0.2) is 9.48 Å². The van der Waals surface area contributed by atoms with Crippen LogP contribution in [0.5, 0.6) is 11.5 Å². The van der Waals surface area contributed by atoms with Crippen molar-refractivity contribution >= 4 is 67.1 Å². The molecule has 0 saturated carbocycles. The van der Waals surface area contributed by atoms with Gasteiger partial charge in [-0.15, -0.1) is 5.10 Å². The number of carbonyl (C=O) groups is 1. The smallest absolute Gasteiger partial charge is 0.338 e. The standard InChI is InChI=1S/C32H31Br2ClN4O4S/c1-4-5-13-42-30(40)27-19(2)36-31-37-32(44-18-21-10-6-7-12-25(21)35)38-39(31)28(27)22-15-24(34)29(26(16-22)41-3)43-17-20-9-8-11-23(33)14-20/h6-12,14-16,28H,4-5,13,17-18H2,1-3H3,(H,36,37,38). The van der Waals surface area contributed by atoms with Crippen LogP contribution in [0.3, 0.4) is 0 Å². The molecule has 8 nitrogen and oxygen atoms in total. The second-order valence-corrected chi connectivity index (χ2v) is 13.2. The Hall–Kier alpha value is -2.99. The molecule has 5 rings (SSSR count). The van der Waals surface area contributed by atoms with E-state index in [9.17, 15) is 4.79 Å². The Morgan fingerprint density at radius 3 is 2.70 bits per heavy atom. The molecule has 3 aromatic carbocycles. The number of thioether (sulfide) groups is 1. The second-order valence-electron chi connectivity index (χ2n) is 10.1. The Morgan fingerprint density at radius 2 is 1.95 bits per heavy atom. The number of hydrogen-bond acceptors (Lipinski definition) is 8. The first-order chi connectivity index (χ1) is 21.3. The Labute approximate surface area is 282 Å². The van der Waals surface area contributed by atoms with Gasteiger partial charge in [0.25, 0.3) is 0 Å². The van der Waals surface area contributed by atoms with Gasteiger partial charge < -0.3 is 19.5 Å². The van der Waals surface area contributed by atoms with Crippen molar-refractivity contribution in [3.05, 3.63) is 103 Å². The van der Waals surface area contributed by atoms with E-state index in [1.165, 1.54) is 11.8 Å². The maximum atomic E-state index is 13.6. The number of esters is 1. The van der Waals surface area contributed by atoms with E-state index < -0.39 is 12.0 Å². The number of allylic oxidation sites excluding steroid dienone is 1. The van der Waals surface area contributed by atoms with Crippen molar-refractivity contribution in [2.75, 3.05) is 19.0 Å². The average molecular weight is 763 g/mol. The molecule has 0 bridgehead atoms. The molecule has 0 spiro atoms. The number of nitrogens with zero attached hydrogens (tertiary/aromatic N) is 3. The number of unbranched alkanes of at least 4 members (excludes halogenated alkanes) is 1. The fraction of sp³-hybridized carbons (Fsp3) is 0.281. The average Bonchev–Trinajstić information content (AvgIpc) is 3.41. The Morgan fingerprint density at radius 1 is 1.14 bits per heavy atom. The number of methoxy groups -OCH3 is 1. The molecule has 4 aromatic rings. The number of anilines is 1. The summed E-state index contributed by atoms with van der Waals surface area (Å²) in [6, 6.07) is 18.8. The van der Waals surface area contributed by atoms with Gasteiger partial charge in [0.15, 0.2) is 11.5 Å². The van der Waals surface area contributed by atoms with E-state index in [0.29, 0.717) is 62.3 Å². The van der Waals surface area contributed by atoms with Crippen LogP contribution in [0.15, 0.2) is 86.0 Å². The molecule has 0 saturated heterocycles. The predicted molar refractivity (Wildman–Crippen MR) is 181 cm³/mol. The van der Waals surface area contributed by atoms with E-state index in [2.05, 4.69) is 44.1 Å². The van der Waals surface area contributed by atoms with Gasteiger partial charge in [-0.1, -0.05) is 83.0 Å². The van der Waals surface area contributed by atoms with Crippen molar-refractivity contribution < 1.29 is 19.0 Å². The molecule has 230 valence electrons. The fourth-order valence-electron chi connectivity index (χ4n) is 4.73. The molecule has 1 N–H and O–H groups in total. The van der Waals surface area contributed by atoms with E-state index in [0.717, 1.165) is 34.0 Å². The first kappa shape index (κ1) is 32.4. The van der Waals surface area contributed by atoms with Gasteiger partial charge in [0.1, 0.15) is 12.6 Å². The molecule has 44 heavy (non-hydrogen) atoms. The highest BCUT2D eigenvalue weighted by molar-refractivity contribution is 9.10. The largest absolute Gasteiger partial charge is 0.493 e. The maximum Gasteiger partial charge on any atom is 0.338 e. The van der Waals surface area contributed by atoms with Crippen LogP contribution < -0.4 is 14.8 Å². The van der Waals surface area contributed by atoms with Crippen molar-refractivity contribution in [2.45, 2.75) is 50.2 Å². The number of benzene rings is 3. The van der Waals surface area contributed by atoms with Crippen molar-refractivity contribution in [3.8, 4) is 11.5 Å². The molecule has 12 heteroatoms. The summed E-state index contributed by atoms with van der Waals surface area (Å²) in [5.74, 6) is 1.76. The molecule has 0 aliphatic carbocycles. The van der Waals surface area contributed by atoms with Gasteiger partial charge in [0, 0.05) is 20.9 Å². The molecule has 1 aromatic heterocycles. The topological polar surface area (TPSA) is 87.5 Å². The summed E-state index contributed by atoms with van der Waals surface area (Å²) in [4.78, 5) is 18.3. The molecular formula is C32H31Br2ClN4O4S. The monoisotopic (exact) mass is 760 g/mol. The first-order valence-electron chi connectivity index (χ1n) is 14.0. The van der Waals surface area contributed by atoms with Crippen LogP contribution in [0.2, 0.25) is 5.02 Å². The maximum absolute atomic E-state index is 13.6. The van der Waals surface area contributed by atoms with Crippen LogP contribution in [0.4, 0.5) is 5.95 Å². The Kier molecular flexibility index (Phi) is 10.9. The van der Waals surface area contributed by atoms with E-state index in [-0.39, 0.29) is 0 Å². The van der Waals surface area contributed by atoms with Gasteiger partial charge >= 0.3 is 5.97 Å². The zero-order valence-corrected chi connectivity index (χ0v) is 29.1. The molecule has 0 fully saturated rings. The SMILES string of the molecule is CCCCOC(=O)C1=C(C)Nc2nc(SCc3ccccc3Cl)nn2C1c1cc(Br)c(OCc2cccc(Br)c2)c(OC)c1. The molecule has 1 aliphatic rings. The van der Waals surface area contributed by atoms with Gasteiger partial charge in [-0.3, -0.25) is 0 Å². The van der Waals surface area contributed by atoms with Crippen molar-refractivity contribution in [2.24, 2.45) is 0 Å². The number of hydrogen-bond donors (Lipinski definition) is 1. The zero-order valence-electron chi connectivity index (χ0n) is 24.4. The highest BCUT2D eigenvalue weighted by Crippen LogP contribution is 2.43. The van der Waals surface area contributed by atoms with Crippen LogP contribution in [0.1, 0.15) is 49.4 Å². The summed E-state index contributed by atoms with van der Waals surface area (Å²) in [5, 5.41) is 9.34. The van der Waals surface area contributed by atoms with Crippen molar-refractivity contribution in [3.63, 3.8) is 0 Å². The normalized spacial score (nSPS) is 14.2. The number of halogens is 3. The first-order valence-corrected chi connectivity index (χ1v) is 17.0. The minimum atomic E-state index is -0.633. The fourth-order valence-corrected chi connectivity index (χ4v) is 6.87. The molecule has 2 heterocycles. The van der Waals surface area contributed by atoms with Crippen LogP contribution in [0, 0.1) is 0 Å². The third-order valence-electron chi connectivity index (χ3n) is 6.94. The number of ether oxygens (including phenoxy) is 3. The van der Waals surface area contributed by atoms with E-state index in [1.54, 1.807) is 11.8 Å². The lowest BCUT2D eigenvalue weighted by Gasteiger charge is -2.29. The molecule has 1 aliphatic heterocycles. The highest BCUT2D eigenvalue weighted by atomic mass is 79.9. The molecule has 0 radical (unpaired) electrons. The summed E-state index contributed by atoms with van der Waals surface area (Å²) in [6.07, 6.45) is 1.69. The van der Waals surface area contributed by atoms with E-state index in [1.807, 2.05) is 67.6 Å². The number of nitrogens with one attached hydrogen (secondary N) is 1. The van der Waals surface area contributed by atoms with Crippen LogP contribution in [0.25, 0.3) is 0 Å². The lowest BCUT2D eigenvalue weighted by Crippen LogP contribution is -2.30. The molecule has 0 amide bonds. The lowest BCUT2D eigenvalue weighted by atomic mass is 9.95. The third-order valence-corrected chi connectivity index (χ3v) is 9.28.